The monoisotopic (exact) mass is 441 g/mol. The van der Waals surface area contributed by atoms with Gasteiger partial charge in [-0.3, -0.25) is 14.5 Å². The molecule has 1 fully saturated rings. The quantitative estimate of drug-likeness (QED) is 0.576. The van der Waals surface area contributed by atoms with E-state index in [4.69, 9.17) is 4.84 Å². The van der Waals surface area contributed by atoms with E-state index < -0.39 is 17.9 Å². The summed E-state index contributed by atoms with van der Waals surface area (Å²) in [5, 5.41) is 0.581. The molecule has 0 spiro atoms. The van der Waals surface area contributed by atoms with Crippen molar-refractivity contribution >= 4 is 17.9 Å². The Balaban J connectivity index is 1.22. The first-order chi connectivity index (χ1) is 16.1. The summed E-state index contributed by atoms with van der Waals surface area (Å²) in [5.74, 6) is -1.24. The molecular formula is C26H23N3O4. The molecule has 33 heavy (non-hydrogen) atoms. The second kappa shape index (κ2) is 8.88. The standard InChI is InChI=1S/C26H23N3O4/c30-24-22-12-11-21(20-9-5-2-6-10-20)17-23(22)25(31)29(24)33-26(32)28-15-13-27(14-16-28)18-19-7-3-1-4-8-19/h1-12,17H,13-16,18H2. The highest BCUT2D eigenvalue weighted by molar-refractivity contribution is 6.21. The molecule has 5 rings (SSSR count). The predicted molar refractivity (Wildman–Crippen MR) is 122 cm³/mol. The van der Waals surface area contributed by atoms with Crippen molar-refractivity contribution in [1.82, 2.24) is 14.9 Å². The van der Waals surface area contributed by atoms with Gasteiger partial charge in [0.05, 0.1) is 11.1 Å². The van der Waals surface area contributed by atoms with E-state index in [0.717, 1.165) is 17.7 Å². The van der Waals surface area contributed by atoms with E-state index in [1.165, 1.54) is 10.5 Å². The Morgan fingerprint density at radius 1 is 0.727 bits per heavy atom. The molecule has 2 aliphatic rings. The molecule has 0 bridgehead atoms. The summed E-state index contributed by atoms with van der Waals surface area (Å²) in [4.78, 5) is 47.3. The predicted octanol–water partition coefficient (Wildman–Crippen LogP) is 3.82. The normalized spacial score (nSPS) is 16.1. The Bertz CT molecular complexity index is 1190. The van der Waals surface area contributed by atoms with Gasteiger partial charge in [-0.15, -0.1) is 0 Å². The molecule has 1 saturated heterocycles. The van der Waals surface area contributed by atoms with E-state index in [1.54, 1.807) is 18.2 Å². The lowest BCUT2D eigenvalue weighted by Gasteiger charge is -2.34. The van der Waals surface area contributed by atoms with Gasteiger partial charge < -0.3 is 9.74 Å². The van der Waals surface area contributed by atoms with Crippen LogP contribution in [0.15, 0.2) is 78.9 Å². The third kappa shape index (κ3) is 4.23. The number of carbonyl (C=O) groups excluding carboxylic acids is 3. The van der Waals surface area contributed by atoms with E-state index in [9.17, 15) is 14.4 Å². The summed E-state index contributed by atoms with van der Waals surface area (Å²) >= 11 is 0. The third-order valence-corrected chi connectivity index (χ3v) is 6.01. The first kappa shape index (κ1) is 20.9. The molecule has 0 aliphatic carbocycles. The molecule has 0 atom stereocenters. The molecule has 3 aromatic carbocycles. The number of rotatable bonds is 4. The van der Waals surface area contributed by atoms with Crippen LogP contribution in [0.3, 0.4) is 0 Å². The van der Waals surface area contributed by atoms with E-state index in [1.807, 2.05) is 48.5 Å². The fourth-order valence-electron chi connectivity index (χ4n) is 4.18. The minimum atomic E-state index is -0.688. The van der Waals surface area contributed by atoms with Crippen LogP contribution in [-0.4, -0.2) is 58.9 Å². The van der Waals surface area contributed by atoms with E-state index in [-0.39, 0.29) is 11.1 Å². The molecule has 7 nitrogen and oxygen atoms in total. The molecule has 3 aromatic rings. The maximum absolute atomic E-state index is 12.9. The Kier molecular flexibility index (Phi) is 5.62. The smallest absolute Gasteiger partial charge is 0.310 e. The van der Waals surface area contributed by atoms with Gasteiger partial charge in [-0.1, -0.05) is 71.8 Å². The average molecular weight is 441 g/mol. The van der Waals surface area contributed by atoms with Gasteiger partial charge >= 0.3 is 6.09 Å². The largest absolute Gasteiger partial charge is 0.434 e. The zero-order chi connectivity index (χ0) is 22.8. The number of hydrogen-bond acceptors (Lipinski definition) is 5. The van der Waals surface area contributed by atoms with Crippen LogP contribution in [0.4, 0.5) is 4.79 Å². The Morgan fingerprint density at radius 3 is 2.06 bits per heavy atom. The molecule has 7 heteroatoms. The lowest BCUT2D eigenvalue weighted by atomic mass is 10.0. The van der Waals surface area contributed by atoms with E-state index in [2.05, 4.69) is 17.0 Å². The lowest BCUT2D eigenvalue weighted by Crippen LogP contribution is -2.50. The summed E-state index contributed by atoms with van der Waals surface area (Å²) in [6.07, 6.45) is -0.688. The molecule has 166 valence electrons. The minimum Gasteiger partial charge on any atom is -0.310 e. The van der Waals surface area contributed by atoms with Crippen LogP contribution in [0, 0.1) is 0 Å². The van der Waals surface area contributed by atoms with Crippen molar-refractivity contribution in [3.8, 4) is 11.1 Å². The summed E-state index contributed by atoms with van der Waals surface area (Å²) in [6.45, 7) is 3.12. The van der Waals surface area contributed by atoms with Crippen molar-refractivity contribution in [1.29, 1.82) is 0 Å². The van der Waals surface area contributed by atoms with Gasteiger partial charge in [0.1, 0.15) is 0 Å². The Labute approximate surface area is 191 Å². The van der Waals surface area contributed by atoms with Crippen LogP contribution in [0.5, 0.6) is 0 Å². The van der Waals surface area contributed by atoms with Gasteiger partial charge in [0.15, 0.2) is 0 Å². The van der Waals surface area contributed by atoms with Crippen molar-refractivity contribution in [2.45, 2.75) is 6.54 Å². The highest BCUT2D eigenvalue weighted by Crippen LogP contribution is 2.29. The second-order valence-electron chi connectivity index (χ2n) is 8.14. The van der Waals surface area contributed by atoms with Crippen molar-refractivity contribution in [2.24, 2.45) is 0 Å². The van der Waals surface area contributed by atoms with Gasteiger partial charge in [-0.2, -0.15) is 0 Å². The third-order valence-electron chi connectivity index (χ3n) is 6.01. The molecule has 0 saturated carbocycles. The minimum absolute atomic E-state index is 0.236. The molecule has 0 aromatic heterocycles. The van der Waals surface area contributed by atoms with Crippen molar-refractivity contribution in [3.63, 3.8) is 0 Å². The molecule has 0 radical (unpaired) electrons. The number of carbonyl (C=O) groups is 3. The van der Waals surface area contributed by atoms with Gasteiger partial charge in [0, 0.05) is 32.7 Å². The zero-order valence-electron chi connectivity index (χ0n) is 18.0. The highest BCUT2D eigenvalue weighted by atomic mass is 16.7. The van der Waals surface area contributed by atoms with Crippen LogP contribution in [-0.2, 0) is 11.4 Å². The summed E-state index contributed by atoms with van der Waals surface area (Å²) in [5.41, 5.74) is 3.44. The average Bonchev–Trinajstić information content (AvgIpc) is 3.10. The van der Waals surface area contributed by atoms with Crippen LogP contribution >= 0.6 is 0 Å². The van der Waals surface area contributed by atoms with Crippen molar-refractivity contribution < 1.29 is 19.2 Å². The number of amides is 3. The SMILES string of the molecule is O=C(ON1C(=O)c2ccc(-c3ccccc3)cc2C1=O)N1CCN(Cc2ccccc2)CC1. The Morgan fingerprint density at radius 2 is 1.36 bits per heavy atom. The number of piperazine rings is 1. The number of hydroxylamine groups is 2. The summed E-state index contributed by atoms with van der Waals surface area (Å²) < 4.78 is 0. The summed E-state index contributed by atoms with van der Waals surface area (Å²) in [7, 11) is 0. The maximum Gasteiger partial charge on any atom is 0.434 e. The van der Waals surface area contributed by atoms with Crippen LogP contribution in [0.1, 0.15) is 26.3 Å². The van der Waals surface area contributed by atoms with Crippen LogP contribution in [0.2, 0.25) is 0 Å². The molecule has 2 heterocycles. The molecule has 0 unspecified atom stereocenters. The molecule has 0 N–H and O–H groups in total. The van der Waals surface area contributed by atoms with Crippen LogP contribution < -0.4 is 0 Å². The Hall–Kier alpha value is -3.97. The van der Waals surface area contributed by atoms with Gasteiger partial charge in [0.2, 0.25) is 0 Å². The lowest BCUT2D eigenvalue weighted by molar-refractivity contribution is -0.0605. The highest BCUT2D eigenvalue weighted by Gasteiger charge is 2.40. The maximum atomic E-state index is 12.9. The molecular weight excluding hydrogens is 418 g/mol. The second-order valence-corrected chi connectivity index (χ2v) is 8.14. The summed E-state index contributed by atoms with van der Waals surface area (Å²) in [6, 6.07) is 24.8. The van der Waals surface area contributed by atoms with Gasteiger partial charge in [-0.25, -0.2) is 4.79 Å². The number of imide groups is 1. The van der Waals surface area contributed by atoms with E-state index in [0.29, 0.717) is 31.2 Å². The molecule has 2 aliphatic heterocycles. The number of benzene rings is 3. The zero-order valence-corrected chi connectivity index (χ0v) is 18.0. The fourth-order valence-corrected chi connectivity index (χ4v) is 4.18. The van der Waals surface area contributed by atoms with Crippen molar-refractivity contribution in [3.05, 3.63) is 95.6 Å². The van der Waals surface area contributed by atoms with E-state index >= 15 is 0 Å². The first-order valence-corrected chi connectivity index (χ1v) is 10.9. The number of fused-ring (bicyclic) bond motifs is 1. The van der Waals surface area contributed by atoms with Crippen LogP contribution in [0.25, 0.3) is 11.1 Å². The molecule has 3 amide bonds. The van der Waals surface area contributed by atoms with Crippen molar-refractivity contribution in [2.75, 3.05) is 26.2 Å². The fraction of sp³-hybridized carbons (Fsp3) is 0.192. The first-order valence-electron chi connectivity index (χ1n) is 10.9. The van der Waals surface area contributed by atoms with Gasteiger partial charge in [-0.05, 0) is 28.8 Å². The number of hydrogen-bond donors (Lipinski definition) is 0. The topological polar surface area (TPSA) is 70.2 Å². The van der Waals surface area contributed by atoms with Gasteiger partial charge in [0.25, 0.3) is 11.8 Å². The number of nitrogens with zero attached hydrogens (tertiary/aromatic N) is 3.